The second-order valence-corrected chi connectivity index (χ2v) is 7.50. The number of ketones is 1. The number of carbonyl (C=O) groups is 1. The average Bonchev–Trinajstić information content (AvgIpc) is 2.14. The molecule has 6 nitrogen and oxygen atoms in total. The second kappa shape index (κ2) is 4.94. The third-order valence-corrected chi connectivity index (χ3v) is 5.24. The normalized spacial score (nSPS) is 12.3. The van der Waals surface area contributed by atoms with Crippen molar-refractivity contribution in [2.75, 3.05) is 10.8 Å². The highest BCUT2D eigenvalue weighted by Crippen LogP contribution is 2.04. The first-order valence-corrected chi connectivity index (χ1v) is 8.02. The van der Waals surface area contributed by atoms with E-state index in [1.54, 1.807) is 18.2 Å². The van der Waals surface area contributed by atoms with Crippen LogP contribution in [0.4, 0.5) is 0 Å². The van der Waals surface area contributed by atoms with E-state index in [2.05, 4.69) is 5.14 Å². The molecule has 0 aliphatic rings. The molecule has 1 aromatic carbocycles. The average molecular weight is 277 g/mol. The van der Waals surface area contributed by atoms with Crippen LogP contribution < -0.4 is 5.14 Å². The Morgan fingerprint density at radius 2 is 1.59 bits per heavy atom. The molecule has 0 saturated carbocycles. The number of sulfonamides is 1. The number of benzene rings is 1. The quantitative estimate of drug-likeness (QED) is 0.731. The van der Waals surface area contributed by atoms with Crippen LogP contribution >= 0.6 is 0 Å². The number of hydrogen-bond acceptors (Lipinski definition) is 5. The smallest absolute Gasteiger partial charge is 0.223 e. The minimum atomic E-state index is -4.15. The summed E-state index contributed by atoms with van der Waals surface area (Å²) in [5.41, 5.74) is 0.213. The van der Waals surface area contributed by atoms with E-state index in [1.807, 2.05) is 0 Å². The molecule has 0 aromatic heterocycles. The van der Waals surface area contributed by atoms with Gasteiger partial charge in [0, 0.05) is 5.56 Å². The molecule has 17 heavy (non-hydrogen) atoms. The van der Waals surface area contributed by atoms with Gasteiger partial charge in [0.1, 0.15) is 5.75 Å². The molecule has 1 rings (SSSR count). The van der Waals surface area contributed by atoms with Crippen LogP contribution in [0.15, 0.2) is 30.3 Å². The van der Waals surface area contributed by atoms with Gasteiger partial charge in [0.25, 0.3) is 0 Å². The number of hydrogen-bond donors (Lipinski definition) is 1. The van der Waals surface area contributed by atoms with Crippen LogP contribution in [-0.2, 0) is 19.9 Å². The second-order valence-electron chi connectivity index (χ2n) is 3.46. The molecule has 0 bridgehead atoms. The van der Waals surface area contributed by atoms with Gasteiger partial charge in [0.15, 0.2) is 20.7 Å². The SMILES string of the molecule is NS(=O)(=O)CS(=O)(=O)CC(=O)c1ccccc1. The molecule has 0 unspecified atom stereocenters. The Bertz CT molecular complexity index is 604. The Morgan fingerprint density at radius 3 is 2.06 bits per heavy atom. The number of carbonyl (C=O) groups excluding carboxylic acids is 1. The Morgan fingerprint density at radius 1 is 1.06 bits per heavy atom. The lowest BCUT2D eigenvalue weighted by Gasteiger charge is -2.02. The predicted molar refractivity (Wildman–Crippen MR) is 62.5 cm³/mol. The maximum absolute atomic E-state index is 11.5. The van der Waals surface area contributed by atoms with E-state index < -0.39 is 36.5 Å². The van der Waals surface area contributed by atoms with Gasteiger partial charge in [0.05, 0.1) is 0 Å². The third-order valence-electron chi connectivity index (χ3n) is 1.79. The van der Waals surface area contributed by atoms with Crippen LogP contribution in [0.3, 0.4) is 0 Å². The maximum Gasteiger partial charge on any atom is 0.223 e. The van der Waals surface area contributed by atoms with Crippen molar-refractivity contribution >= 4 is 25.6 Å². The van der Waals surface area contributed by atoms with Gasteiger partial charge in [-0.15, -0.1) is 0 Å². The van der Waals surface area contributed by atoms with E-state index >= 15 is 0 Å². The molecular formula is C9H11NO5S2. The molecule has 0 spiro atoms. The van der Waals surface area contributed by atoms with Crippen molar-refractivity contribution in [3.63, 3.8) is 0 Å². The zero-order valence-electron chi connectivity index (χ0n) is 8.74. The first-order chi connectivity index (χ1) is 7.70. The summed E-state index contributed by atoms with van der Waals surface area (Å²) in [5.74, 6) is -1.53. The summed E-state index contributed by atoms with van der Waals surface area (Å²) in [5, 5.41) is 3.39. The molecule has 94 valence electrons. The lowest BCUT2D eigenvalue weighted by Crippen LogP contribution is -2.28. The largest absolute Gasteiger partial charge is 0.293 e. The fourth-order valence-electron chi connectivity index (χ4n) is 1.20. The third kappa shape index (κ3) is 5.07. The first-order valence-electron chi connectivity index (χ1n) is 4.49. The predicted octanol–water partition coefficient (Wildman–Crippen LogP) is -0.470. The van der Waals surface area contributed by atoms with Gasteiger partial charge >= 0.3 is 0 Å². The summed E-state index contributed by atoms with van der Waals surface area (Å²) >= 11 is 0. The van der Waals surface area contributed by atoms with Gasteiger partial charge in [-0.25, -0.2) is 22.0 Å². The van der Waals surface area contributed by atoms with Crippen molar-refractivity contribution in [3.8, 4) is 0 Å². The fourth-order valence-corrected chi connectivity index (χ4v) is 4.10. The highest BCUT2D eigenvalue weighted by molar-refractivity contribution is 8.07. The molecule has 0 atom stereocenters. The van der Waals surface area contributed by atoms with Gasteiger partial charge in [-0.05, 0) is 0 Å². The Balaban J connectivity index is 2.83. The number of nitrogens with two attached hydrogens (primary N) is 1. The van der Waals surface area contributed by atoms with Crippen molar-refractivity contribution in [3.05, 3.63) is 35.9 Å². The number of primary sulfonamides is 1. The molecule has 2 N–H and O–H groups in total. The molecule has 0 aliphatic carbocycles. The van der Waals surface area contributed by atoms with Gasteiger partial charge in [-0.2, -0.15) is 0 Å². The van der Waals surface area contributed by atoms with Gasteiger partial charge in [-0.1, -0.05) is 30.3 Å². The summed E-state index contributed by atoms with van der Waals surface area (Å²) < 4.78 is 44.0. The first kappa shape index (κ1) is 13.8. The molecule has 0 radical (unpaired) electrons. The minimum absolute atomic E-state index is 0.213. The number of rotatable bonds is 5. The molecule has 0 heterocycles. The molecule has 0 saturated heterocycles. The molecular weight excluding hydrogens is 266 g/mol. The van der Waals surface area contributed by atoms with Crippen molar-refractivity contribution in [1.29, 1.82) is 0 Å². The molecule has 0 aliphatic heterocycles. The molecule has 1 aromatic rings. The zero-order chi connectivity index (χ0) is 13.1. The maximum atomic E-state index is 11.5. The van der Waals surface area contributed by atoms with E-state index in [-0.39, 0.29) is 5.56 Å². The van der Waals surface area contributed by atoms with E-state index in [4.69, 9.17) is 0 Å². The Kier molecular flexibility index (Phi) is 4.02. The van der Waals surface area contributed by atoms with E-state index in [1.165, 1.54) is 12.1 Å². The topological polar surface area (TPSA) is 111 Å². The van der Waals surface area contributed by atoms with E-state index in [9.17, 15) is 21.6 Å². The van der Waals surface area contributed by atoms with Crippen LogP contribution in [0, 0.1) is 0 Å². The van der Waals surface area contributed by atoms with E-state index in [0.717, 1.165) is 0 Å². The van der Waals surface area contributed by atoms with E-state index in [0.29, 0.717) is 0 Å². The zero-order valence-corrected chi connectivity index (χ0v) is 10.4. The summed E-state index contributed by atoms with van der Waals surface area (Å²) in [6.45, 7) is 0. The Labute approximate surface area is 99.4 Å². The Hall–Kier alpha value is -1.25. The van der Waals surface area contributed by atoms with Crippen molar-refractivity contribution < 1.29 is 21.6 Å². The van der Waals surface area contributed by atoms with Crippen LogP contribution in [0.5, 0.6) is 0 Å². The van der Waals surface area contributed by atoms with Crippen LogP contribution in [-0.4, -0.2) is 33.5 Å². The summed E-state index contributed by atoms with van der Waals surface area (Å²) in [7, 11) is -8.20. The number of Topliss-reactive ketones (excluding diaryl/α,β-unsaturated/α-hetero) is 1. The molecule has 0 fully saturated rings. The van der Waals surface area contributed by atoms with Crippen molar-refractivity contribution in [2.24, 2.45) is 5.14 Å². The summed E-state index contributed by atoms with van der Waals surface area (Å²) in [6.07, 6.45) is 0. The van der Waals surface area contributed by atoms with Gasteiger partial charge < -0.3 is 0 Å². The molecule has 0 amide bonds. The van der Waals surface area contributed by atoms with Crippen LogP contribution in [0.2, 0.25) is 0 Å². The fraction of sp³-hybridized carbons (Fsp3) is 0.222. The van der Waals surface area contributed by atoms with Crippen molar-refractivity contribution in [2.45, 2.75) is 0 Å². The standard InChI is InChI=1S/C9H11NO5S2/c10-17(14,15)7-16(12,13)6-9(11)8-4-2-1-3-5-8/h1-5H,6-7H2,(H2,10,14,15). The monoisotopic (exact) mass is 277 g/mol. The minimum Gasteiger partial charge on any atom is -0.293 e. The molecule has 8 heteroatoms. The lowest BCUT2D eigenvalue weighted by molar-refractivity contribution is 0.102. The highest BCUT2D eigenvalue weighted by Gasteiger charge is 2.23. The number of sulfone groups is 1. The van der Waals surface area contributed by atoms with Crippen LogP contribution in [0.1, 0.15) is 10.4 Å². The highest BCUT2D eigenvalue weighted by atomic mass is 32.3. The summed E-state index contributed by atoms with van der Waals surface area (Å²) in [4.78, 5) is 11.5. The summed E-state index contributed by atoms with van der Waals surface area (Å²) in [6, 6.07) is 7.75. The van der Waals surface area contributed by atoms with Crippen molar-refractivity contribution in [1.82, 2.24) is 0 Å². The van der Waals surface area contributed by atoms with Crippen LogP contribution in [0.25, 0.3) is 0 Å². The van der Waals surface area contributed by atoms with Gasteiger partial charge in [0.2, 0.25) is 10.0 Å². The lowest BCUT2D eigenvalue weighted by atomic mass is 10.2. The van der Waals surface area contributed by atoms with Gasteiger partial charge in [-0.3, -0.25) is 4.79 Å².